The molecule has 4 saturated carbocycles. The minimum Gasteiger partial charge on any atom is -0.264 e. The molecule has 0 unspecified atom stereocenters. The van der Waals surface area contributed by atoms with Gasteiger partial charge in [-0.1, -0.05) is 78.9 Å². The molecule has 0 N–H and O–H groups in total. The summed E-state index contributed by atoms with van der Waals surface area (Å²) in [6.07, 6.45) is 11.0. The van der Waals surface area contributed by atoms with E-state index in [2.05, 4.69) is 54.7 Å². The monoisotopic (exact) mass is 518 g/mol. The first-order valence-electron chi connectivity index (χ1n) is 14.7. The van der Waals surface area contributed by atoms with Crippen LogP contribution in [0.15, 0.2) is 97.3 Å². The lowest BCUT2D eigenvalue weighted by molar-refractivity contribution is -0.0400. The maximum atomic E-state index is 5.14. The van der Waals surface area contributed by atoms with Gasteiger partial charge in [-0.05, 0) is 84.1 Å². The third-order valence-corrected chi connectivity index (χ3v) is 10.4. The van der Waals surface area contributed by atoms with Crippen LogP contribution >= 0.6 is 0 Å². The Hall–Kier alpha value is -4.18. The van der Waals surface area contributed by atoms with E-state index in [0.717, 1.165) is 34.4 Å². The number of hydrogen-bond acceptors (Lipinski definition) is 4. The summed E-state index contributed by atoms with van der Waals surface area (Å²) in [5, 5.41) is 0. The summed E-state index contributed by atoms with van der Waals surface area (Å²) in [5.41, 5.74) is 8.76. The normalized spacial score (nSPS) is 27.1. The fourth-order valence-corrected chi connectivity index (χ4v) is 9.20. The van der Waals surface area contributed by atoms with E-state index < -0.39 is 0 Å². The molecule has 0 aliphatic heterocycles. The number of hydrogen-bond donors (Lipinski definition) is 0. The van der Waals surface area contributed by atoms with Crippen LogP contribution < -0.4 is 0 Å². The molecule has 4 bridgehead atoms. The van der Waals surface area contributed by atoms with Crippen molar-refractivity contribution in [2.45, 2.75) is 37.5 Å². The third-order valence-electron chi connectivity index (χ3n) is 10.4. The van der Waals surface area contributed by atoms with Crippen molar-refractivity contribution in [3.05, 3.63) is 108 Å². The summed E-state index contributed by atoms with van der Waals surface area (Å²) in [6, 6.07) is 29.7. The first kappa shape index (κ1) is 22.6. The average molecular weight is 519 g/mol. The van der Waals surface area contributed by atoms with E-state index in [1.54, 1.807) is 0 Å². The van der Waals surface area contributed by atoms with E-state index in [9.17, 15) is 0 Å². The Morgan fingerprint density at radius 1 is 0.525 bits per heavy atom. The van der Waals surface area contributed by atoms with Crippen molar-refractivity contribution in [1.82, 2.24) is 19.9 Å². The van der Waals surface area contributed by atoms with Crippen molar-refractivity contribution in [2.75, 3.05) is 0 Å². The number of fused-ring (bicyclic) bond motifs is 3. The van der Waals surface area contributed by atoms with Crippen LogP contribution in [-0.2, 0) is 5.41 Å². The molecule has 4 fully saturated rings. The van der Waals surface area contributed by atoms with Gasteiger partial charge in [0, 0.05) is 34.5 Å². The standard InChI is InChI=1S/C36H30N4/c1-3-8-24(9-4-1)33-38-34(25-10-5-2-6-11-25)40-35(39-33)29-12-7-13-30-32(29)28-14-15-37-21-31(28)36(30)26-17-22-16-23(19-26)20-27(36)18-22/h1-15,21-23,26-27H,16-20H2. The molecular weight excluding hydrogens is 488 g/mol. The van der Waals surface area contributed by atoms with Gasteiger partial charge in [0.2, 0.25) is 0 Å². The minimum atomic E-state index is 0.0694. The molecule has 4 heteroatoms. The van der Waals surface area contributed by atoms with Crippen LogP contribution in [0.4, 0.5) is 0 Å². The molecule has 5 aliphatic rings. The molecule has 40 heavy (non-hydrogen) atoms. The molecule has 0 radical (unpaired) electrons. The number of rotatable bonds is 3. The highest BCUT2D eigenvalue weighted by Gasteiger charge is 2.62. The Balaban J connectivity index is 1.30. The number of pyridine rings is 1. The van der Waals surface area contributed by atoms with Gasteiger partial charge in [0.1, 0.15) is 0 Å². The van der Waals surface area contributed by atoms with Crippen LogP contribution in [0.3, 0.4) is 0 Å². The lowest BCUT2D eigenvalue weighted by Crippen LogP contribution is -2.55. The molecule has 5 aromatic rings. The largest absolute Gasteiger partial charge is 0.264 e. The molecule has 5 aliphatic carbocycles. The molecular formula is C36H30N4. The molecule has 10 rings (SSSR count). The van der Waals surface area contributed by atoms with Crippen molar-refractivity contribution in [3.8, 4) is 45.3 Å². The van der Waals surface area contributed by atoms with Gasteiger partial charge >= 0.3 is 0 Å². The van der Waals surface area contributed by atoms with Crippen molar-refractivity contribution in [3.63, 3.8) is 0 Å². The van der Waals surface area contributed by atoms with Crippen LogP contribution in [-0.4, -0.2) is 19.9 Å². The van der Waals surface area contributed by atoms with Crippen molar-refractivity contribution in [1.29, 1.82) is 0 Å². The second kappa shape index (κ2) is 8.41. The van der Waals surface area contributed by atoms with Gasteiger partial charge in [-0.3, -0.25) is 4.98 Å². The molecule has 1 spiro atoms. The maximum absolute atomic E-state index is 5.14. The zero-order valence-corrected chi connectivity index (χ0v) is 22.4. The fourth-order valence-electron chi connectivity index (χ4n) is 9.20. The third kappa shape index (κ3) is 3.08. The summed E-state index contributed by atoms with van der Waals surface area (Å²) in [4.78, 5) is 19.9. The van der Waals surface area contributed by atoms with Crippen LogP contribution in [0.5, 0.6) is 0 Å². The van der Waals surface area contributed by atoms with Gasteiger partial charge in [0.05, 0.1) is 0 Å². The first-order chi connectivity index (χ1) is 19.8. The SMILES string of the molecule is c1ccc(-c2nc(-c3ccccc3)nc(-c3cccc4c3-c3ccncc3C43C4CC5CC(C4)CC3C5)n2)cc1. The Labute approximate surface area is 234 Å². The van der Waals surface area contributed by atoms with Crippen LogP contribution in [0.25, 0.3) is 45.3 Å². The summed E-state index contributed by atoms with van der Waals surface area (Å²) < 4.78 is 0. The van der Waals surface area contributed by atoms with Crippen LogP contribution in [0, 0.1) is 23.7 Å². The molecule has 0 saturated heterocycles. The highest BCUT2D eigenvalue weighted by atomic mass is 15.0. The van der Waals surface area contributed by atoms with Crippen LogP contribution in [0.2, 0.25) is 0 Å². The zero-order chi connectivity index (χ0) is 26.3. The van der Waals surface area contributed by atoms with Gasteiger partial charge in [-0.2, -0.15) is 0 Å². The van der Waals surface area contributed by atoms with E-state index >= 15 is 0 Å². The lowest BCUT2D eigenvalue weighted by Gasteiger charge is -2.61. The van der Waals surface area contributed by atoms with Gasteiger partial charge in [-0.15, -0.1) is 0 Å². The molecule has 2 heterocycles. The van der Waals surface area contributed by atoms with Gasteiger partial charge < -0.3 is 0 Å². The summed E-state index contributed by atoms with van der Waals surface area (Å²) in [6.45, 7) is 0. The Morgan fingerprint density at radius 2 is 1.12 bits per heavy atom. The van der Waals surface area contributed by atoms with Gasteiger partial charge in [-0.25, -0.2) is 15.0 Å². The predicted octanol–water partition coefficient (Wildman–Crippen LogP) is 7.99. The molecule has 194 valence electrons. The number of nitrogens with zero attached hydrogens (tertiary/aromatic N) is 4. The first-order valence-corrected chi connectivity index (χ1v) is 14.7. The van der Waals surface area contributed by atoms with Gasteiger partial charge in [0.25, 0.3) is 0 Å². The van der Waals surface area contributed by atoms with E-state index in [4.69, 9.17) is 19.9 Å². The second-order valence-corrected chi connectivity index (χ2v) is 12.4. The average Bonchev–Trinajstić information content (AvgIpc) is 3.31. The van der Waals surface area contributed by atoms with E-state index in [-0.39, 0.29) is 5.41 Å². The smallest absolute Gasteiger partial charge is 0.164 e. The van der Waals surface area contributed by atoms with E-state index in [1.807, 2.05) is 42.6 Å². The molecule has 0 atom stereocenters. The minimum absolute atomic E-state index is 0.0694. The topological polar surface area (TPSA) is 51.6 Å². The quantitative estimate of drug-likeness (QED) is 0.243. The highest BCUT2D eigenvalue weighted by molar-refractivity contribution is 5.91. The van der Waals surface area contributed by atoms with Gasteiger partial charge in [0.15, 0.2) is 17.5 Å². The lowest BCUT2D eigenvalue weighted by atomic mass is 9.43. The number of benzene rings is 3. The maximum Gasteiger partial charge on any atom is 0.164 e. The molecule has 4 nitrogen and oxygen atoms in total. The van der Waals surface area contributed by atoms with Crippen LogP contribution in [0.1, 0.15) is 43.2 Å². The summed E-state index contributed by atoms with van der Waals surface area (Å²) in [7, 11) is 0. The highest BCUT2D eigenvalue weighted by Crippen LogP contribution is 2.69. The Kier molecular flexibility index (Phi) is 4.75. The van der Waals surface area contributed by atoms with Crippen molar-refractivity contribution in [2.24, 2.45) is 23.7 Å². The van der Waals surface area contributed by atoms with E-state index in [1.165, 1.54) is 54.4 Å². The number of aromatic nitrogens is 4. The fraction of sp³-hybridized carbons (Fsp3) is 0.278. The Bertz CT molecular complexity index is 1680. The molecule has 2 aromatic heterocycles. The predicted molar refractivity (Wildman–Crippen MR) is 157 cm³/mol. The Morgan fingerprint density at radius 3 is 1.75 bits per heavy atom. The van der Waals surface area contributed by atoms with Crippen molar-refractivity contribution < 1.29 is 0 Å². The molecule has 0 amide bonds. The van der Waals surface area contributed by atoms with E-state index in [0.29, 0.717) is 23.5 Å². The summed E-state index contributed by atoms with van der Waals surface area (Å²) in [5.74, 6) is 5.37. The zero-order valence-electron chi connectivity index (χ0n) is 22.4. The molecule has 3 aromatic carbocycles. The van der Waals surface area contributed by atoms with Crippen molar-refractivity contribution >= 4 is 0 Å². The summed E-state index contributed by atoms with van der Waals surface area (Å²) >= 11 is 0. The second-order valence-electron chi connectivity index (χ2n) is 12.4.